The molecular weight excluding hydrogens is 553 g/mol. The van der Waals surface area contributed by atoms with Gasteiger partial charge < -0.3 is 10.2 Å². The third-order valence-electron chi connectivity index (χ3n) is 7.02. The quantitative estimate of drug-likeness (QED) is 0.461. The molecule has 2 aliphatic heterocycles. The van der Waals surface area contributed by atoms with Gasteiger partial charge >= 0.3 is 6.18 Å². The van der Waals surface area contributed by atoms with E-state index in [1.807, 2.05) is 4.90 Å². The van der Waals surface area contributed by atoms with Gasteiger partial charge in [0.1, 0.15) is 5.82 Å². The Morgan fingerprint density at radius 1 is 1.24 bits per heavy atom. The number of likely N-dealkylation sites (tertiary alicyclic amines) is 2. The van der Waals surface area contributed by atoms with E-state index >= 15 is 4.39 Å². The van der Waals surface area contributed by atoms with Crippen molar-refractivity contribution in [3.63, 3.8) is 0 Å². The standard InChI is InChI=1S/C25H33ClF5N3O3S/c1-17(6-11-38(2,36)37)32-23(35)24(28)7-3-9-33(10-8-24)13-18-14-34(16-25(29,30)31)15-21(18)20-12-19(27)4-5-22(20)26/h4-6,11-12,17-18,21H,3,7-10,13-16H2,1-2H3,(H,32,35)/b11-6-/t17-,18+,21-,24-/m1/s1. The highest BCUT2D eigenvalue weighted by Crippen LogP contribution is 2.39. The highest BCUT2D eigenvalue weighted by molar-refractivity contribution is 7.93. The van der Waals surface area contributed by atoms with Crippen LogP contribution in [0.15, 0.2) is 29.7 Å². The number of nitrogens with one attached hydrogen (secondary N) is 1. The Labute approximate surface area is 225 Å². The summed E-state index contributed by atoms with van der Waals surface area (Å²) in [6.07, 6.45) is -1.92. The van der Waals surface area contributed by atoms with Gasteiger partial charge in [-0.1, -0.05) is 17.7 Å². The van der Waals surface area contributed by atoms with E-state index in [1.54, 1.807) is 0 Å². The summed E-state index contributed by atoms with van der Waals surface area (Å²) in [5, 5.41) is 3.73. The van der Waals surface area contributed by atoms with E-state index in [0.29, 0.717) is 25.1 Å². The Morgan fingerprint density at radius 2 is 1.95 bits per heavy atom. The first kappa shape index (κ1) is 30.8. The molecule has 1 aromatic carbocycles. The first-order valence-electron chi connectivity index (χ1n) is 12.4. The number of amides is 1. The van der Waals surface area contributed by atoms with Crippen molar-refractivity contribution in [3.05, 3.63) is 46.1 Å². The van der Waals surface area contributed by atoms with Gasteiger partial charge in [-0.15, -0.1) is 0 Å². The van der Waals surface area contributed by atoms with Gasteiger partial charge in [0.15, 0.2) is 15.5 Å². The molecule has 4 atom stereocenters. The zero-order chi connectivity index (χ0) is 28.3. The van der Waals surface area contributed by atoms with Crippen LogP contribution in [0.3, 0.4) is 0 Å². The maximum absolute atomic E-state index is 15.7. The smallest absolute Gasteiger partial charge is 0.347 e. The second-order valence-corrected chi connectivity index (χ2v) is 12.7. The number of carbonyl (C=O) groups is 1. The molecule has 38 heavy (non-hydrogen) atoms. The van der Waals surface area contributed by atoms with Gasteiger partial charge in [-0.05, 0) is 56.0 Å². The molecule has 1 N–H and O–H groups in total. The fourth-order valence-electron chi connectivity index (χ4n) is 5.22. The SMILES string of the molecule is C[C@H](/C=C\S(C)(=O)=O)NC(=O)[C@@]1(F)CCCN(C[C@H]2CN(CC(F)(F)F)C[C@H]2c2cc(F)ccc2Cl)CC1. The topological polar surface area (TPSA) is 69.7 Å². The Balaban J connectivity index is 1.69. The number of nitrogens with zero attached hydrogens (tertiary/aromatic N) is 2. The van der Waals surface area contributed by atoms with Crippen LogP contribution in [0.2, 0.25) is 5.02 Å². The van der Waals surface area contributed by atoms with Crippen LogP contribution in [0.1, 0.15) is 37.7 Å². The van der Waals surface area contributed by atoms with Crippen molar-refractivity contribution in [1.82, 2.24) is 15.1 Å². The molecule has 0 radical (unpaired) electrons. The summed E-state index contributed by atoms with van der Waals surface area (Å²) in [6.45, 7) is 1.63. The molecule has 1 amide bonds. The Morgan fingerprint density at radius 3 is 2.61 bits per heavy atom. The fraction of sp³-hybridized carbons (Fsp3) is 0.640. The highest BCUT2D eigenvalue weighted by atomic mass is 35.5. The number of alkyl halides is 4. The van der Waals surface area contributed by atoms with Gasteiger partial charge in [0, 0.05) is 61.2 Å². The summed E-state index contributed by atoms with van der Waals surface area (Å²) in [5.74, 6) is -2.10. The third kappa shape index (κ3) is 8.89. The van der Waals surface area contributed by atoms with Crippen LogP contribution in [-0.4, -0.2) is 87.5 Å². The molecule has 2 aliphatic rings. The van der Waals surface area contributed by atoms with E-state index in [-0.39, 0.29) is 43.4 Å². The Kier molecular flexibility index (Phi) is 9.87. The number of hydrogen-bond donors (Lipinski definition) is 1. The molecule has 0 spiro atoms. The molecular formula is C25H33ClF5N3O3S. The summed E-state index contributed by atoms with van der Waals surface area (Å²) in [6, 6.07) is 3.15. The van der Waals surface area contributed by atoms with E-state index in [1.165, 1.54) is 36.1 Å². The molecule has 0 saturated carbocycles. The van der Waals surface area contributed by atoms with Crippen molar-refractivity contribution in [3.8, 4) is 0 Å². The first-order valence-corrected chi connectivity index (χ1v) is 14.7. The summed E-state index contributed by atoms with van der Waals surface area (Å²) in [7, 11) is -3.39. The molecule has 13 heteroatoms. The molecule has 1 aromatic rings. The number of sulfone groups is 1. The van der Waals surface area contributed by atoms with E-state index in [9.17, 15) is 30.8 Å². The first-order chi connectivity index (χ1) is 17.5. The van der Waals surface area contributed by atoms with Gasteiger partial charge in [0.05, 0.1) is 6.54 Å². The minimum absolute atomic E-state index is 0.0398. The zero-order valence-corrected chi connectivity index (χ0v) is 22.9. The van der Waals surface area contributed by atoms with Gasteiger partial charge in [-0.2, -0.15) is 13.2 Å². The molecule has 2 saturated heterocycles. The molecule has 0 aromatic heterocycles. The fourth-order valence-corrected chi connectivity index (χ4v) is 6.00. The van der Waals surface area contributed by atoms with Crippen molar-refractivity contribution in [2.45, 2.75) is 50.0 Å². The Bertz CT molecular complexity index is 1130. The lowest BCUT2D eigenvalue weighted by Crippen LogP contribution is -2.47. The largest absolute Gasteiger partial charge is 0.401 e. The summed E-state index contributed by atoms with van der Waals surface area (Å²) < 4.78 is 91.6. The lowest BCUT2D eigenvalue weighted by molar-refractivity contribution is -0.143. The normalized spacial score (nSPS) is 26.9. The number of hydrogen-bond acceptors (Lipinski definition) is 5. The maximum atomic E-state index is 15.7. The highest BCUT2D eigenvalue weighted by Gasteiger charge is 2.43. The van der Waals surface area contributed by atoms with E-state index in [2.05, 4.69) is 5.32 Å². The van der Waals surface area contributed by atoms with Crippen molar-refractivity contribution >= 4 is 27.3 Å². The lowest BCUT2D eigenvalue weighted by atomic mass is 9.88. The maximum Gasteiger partial charge on any atom is 0.401 e. The van der Waals surface area contributed by atoms with Gasteiger partial charge in [0.25, 0.3) is 5.91 Å². The monoisotopic (exact) mass is 585 g/mol. The minimum Gasteiger partial charge on any atom is -0.347 e. The zero-order valence-electron chi connectivity index (χ0n) is 21.3. The van der Waals surface area contributed by atoms with E-state index in [0.717, 1.165) is 11.7 Å². The molecule has 2 fully saturated rings. The average molecular weight is 586 g/mol. The minimum atomic E-state index is -4.39. The van der Waals surface area contributed by atoms with Crippen molar-refractivity contribution in [2.75, 3.05) is 45.5 Å². The molecule has 3 rings (SSSR count). The van der Waals surface area contributed by atoms with Gasteiger partial charge in [-0.25, -0.2) is 17.2 Å². The molecule has 0 unspecified atom stereocenters. The van der Waals surface area contributed by atoms with E-state index in [4.69, 9.17) is 11.6 Å². The number of carbonyl (C=O) groups excluding carboxylic acids is 1. The second kappa shape index (κ2) is 12.2. The van der Waals surface area contributed by atoms with Crippen molar-refractivity contribution in [1.29, 1.82) is 0 Å². The molecule has 214 valence electrons. The van der Waals surface area contributed by atoms with Crippen molar-refractivity contribution in [2.24, 2.45) is 5.92 Å². The van der Waals surface area contributed by atoms with Crippen molar-refractivity contribution < 1.29 is 35.2 Å². The third-order valence-corrected chi connectivity index (χ3v) is 8.02. The number of rotatable bonds is 8. The van der Waals surface area contributed by atoms with Gasteiger partial charge in [-0.3, -0.25) is 9.69 Å². The molecule has 6 nitrogen and oxygen atoms in total. The second-order valence-electron chi connectivity index (χ2n) is 10.4. The summed E-state index contributed by atoms with van der Waals surface area (Å²) >= 11 is 6.30. The van der Waals surface area contributed by atoms with Crippen LogP contribution in [0, 0.1) is 11.7 Å². The van der Waals surface area contributed by atoms with E-state index < -0.39 is 51.9 Å². The van der Waals surface area contributed by atoms with Crippen LogP contribution in [0.4, 0.5) is 22.0 Å². The predicted molar refractivity (Wildman–Crippen MR) is 136 cm³/mol. The average Bonchev–Trinajstić information content (AvgIpc) is 3.05. The Hall–Kier alpha value is -1.76. The van der Waals surface area contributed by atoms with Crippen LogP contribution in [0.25, 0.3) is 0 Å². The lowest BCUT2D eigenvalue weighted by Gasteiger charge is -2.28. The summed E-state index contributed by atoms with van der Waals surface area (Å²) in [5.41, 5.74) is -1.71. The van der Waals surface area contributed by atoms with Gasteiger partial charge in [0.2, 0.25) is 0 Å². The number of halogens is 6. The van der Waals surface area contributed by atoms with Crippen LogP contribution in [-0.2, 0) is 14.6 Å². The van der Waals surface area contributed by atoms with Crippen LogP contribution < -0.4 is 5.32 Å². The molecule has 2 heterocycles. The number of benzene rings is 1. The van der Waals surface area contributed by atoms with Crippen LogP contribution in [0.5, 0.6) is 0 Å². The summed E-state index contributed by atoms with van der Waals surface area (Å²) in [4.78, 5) is 15.9. The molecule has 0 aliphatic carbocycles. The van der Waals surface area contributed by atoms with Crippen LogP contribution >= 0.6 is 11.6 Å². The molecule has 0 bridgehead atoms. The predicted octanol–water partition coefficient (Wildman–Crippen LogP) is 4.31.